The SMILES string of the molecule is CCOC1CC(CC(N)Cc2ccc(C)cn2)C1. The predicted octanol–water partition coefficient (Wildman–Crippen LogP) is 2.47. The van der Waals surface area contributed by atoms with Crippen LogP contribution in [0.15, 0.2) is 18.3 Å². The molecule has 2 N–H and O–H groups in total. The molecular weight excluding hydrogens is 224 g/mol. The van der Waals surface area contributed by atoms with Crippen LogP contribution in [0.3, 0.4) is 0 Å². The van der Waals surface area contributed by atoms with E-state index < -0.39 is 0 Å². The molecule has 1 fully saturated rings. The lowest BCUT2D eigenvalue weighted by Gasteiger charge is -2.36. The summed E-state index contributed by atoms with van der Waals surface area (Å²) in [7, 11) is 0. The summed E-state index contributed by atoms with van der Waals surface area (Å²) in [6, 6.07) is 4.41. The Labute approximate surface area is 110 Å². The molecule has 2 rings (SSSR count). The van der Waals surface area contributed by atoms with E-state index in [0.717, 1.165) is 31.1 Å². The molecule has 1 unspecified atom stereocenters. The summed E-state index contributed by atoms with van der Waals surface area (Å²) >= 11 is 0. The molecule has 1 aromatic rings. The fourth-order valence-electron chi connectivity index (χ4n) is 2.64. The van der Waals surface area contributed by atoms with Crippen molar-refractivity contribution in [2.75, 3.05) is 6.61 Å². The molecule has 0 aromatic carbocycles. The minimum atomic E-state index is 0.229. The van der Waals surface area contributed by atoms with Crippen LogP contribution in [-0.2, 0) is 11.2 Å². The molecule has 0 aliphatic heterocycles. The number of aromatic nitrogens is 1. The van der Waals surface area contributed by atoms with Crippen LogP contribution in [0.25, 0.3) is 0 Å². The molecule has 3 heteroatoms. The van der Waals surface area contributed by atoms with Crippen molar-refractivity contribution < 1.29 is 4.74 Å². The van der Waals surface area contributed by atoms with Crippen molar-refractivity contribution in [2.45, 2.75) is 51.7 Å². The van der Waals surface area contributed by atoms with Gasteiger partial charge in [0.25, 0.3) is 0 Å². The molecule has 18 heavy (non-hydrogen) atoms. The fourth-order valence-corrected chi connectivity index (χ4v) is 2.64. The van der Waals surface area contributed by atoms with Gasteiger partial charge in [0.05, 0.1) is 6.10 Å². The molecule has 0 spiro atoms. The van der Waals surface area contributed by atoms with E-state index in [1.807, 2.05) is 6.20 Å². The number of pyridine rings is 1. The molecule has 0 radical (unpaired) electrons. The molecule has 1 aliphatic rings. The Bertz CT molecular complexity index is 357. The Morgan fingerprint density at radius 2 is 2.22 bits per heavy atom. The normalized spacial score (nSPS) is 24.6. The van der Waals surface area contributed by atoms with Gasteiger partial charge in [0.2, 0.25) is 0 Å². The van der Waals surface area contributed by atoms with Gasteiger partial charge in [0.1, 0.15) is 0 Å². The molecule has 3 nitrogen and oxygen atoms in total. The van der Waals surface area contributed by atoms with E-state index in [2.05, 4.69) is 31.0 Å². The van der Waals surface area contributed by atoms with Crippen molar-refractivity contribution in [2.24, 2.45) is 11.7 Å². The highest BCUT2D eigenvalue weighted by Gasteiger charge is 2.30. The Kier molecular flexibility index (Phi) is 4.72. The number of hydrogen-bond acceptors (Lipinski definition) is 3. The van der Waals surface area contributed by atoms with Gasteiger partial charge in [-0.05, 0) is 50.7 Å². The zero-order valence-corrected chi connectivity index (χ0v) is 11.4. The third-order valence-electron chi connectivity index (χ3n) is 3.67. The van der Waals surface area contributed by atoms with Crippen LogP contribution >= 0.6 is 0 Å². The van der Waals surface area contributed by atoms with Crippen LogP contribution in [0.5, 0.6) is 0 Å². The van der Waals surface area contributed by atoms with E-state index in [1.165, 1.54) is 18.4 Å². The van der Waals surface area contributed by atoms with E-state index in [-0.39, 0.29) is 6.04 Å². The number of ether oxygens (including phenoxy) is 1. The Balaban J connectivity index is 1.70. The largest absolute Gasteiger partial charge is 0.378 e. The molecule has 0 bridgehead atoms. The van der Waals surface area contributed by atoms with E-state index in [0.29, 0.717) is 6.10 Å². The maximum atomic E-state index is 6.19. The minimum absolute atomic E-state index is 0.229. The summed E-state index contributed by atoms with van der Waals surface area (Å²) in [5, 5.41) is 0. The predicted molar refractivity (Wildman–Crippen MR) is 73.4 cm³/mol. The second-order valence-electron chi connectivity index (χ2n) is 5.44. The molecule has 1 saturated carbocycles. The summed E-state index contributed by atoms with van der Waals surface area (Å²) in [6.07, 6.45) is 6.75. The first-order valence-electron chi connectivity index (χ1n) is 6.96. The van der Waals surface area contributed by atoms with Crippen LogP contribution in [0.1, 0.15) is 37.4 Å². The second-order valence-corrected chi connectivity index (χ2v) is 5.44. The van der Waals surface area contributed by atoms with Crippen molar-refractivity contribution in [3.63, 3.8) is 0 Å². The van der Waals surface area contributed by atoms with Gasteiger partial charge in [-0.2, -0.15) is 0 Å². The van der Waals surface area contributed by atoms with E-state index in [1.54, 1.807) is 0 Å². The van der Waals surface area contributed by atoms with Crippen molar-refractivity contribution >= 4 is 0 Å². The van der Waals surface area contributed by atoms with E-state index in [4.69, 9.17) is 10.5 Å². The molecule has 100 valence electrons. The van der Waals surface area contributed by atoms with Gasteiger partial charge in [-0.15, -0.1) is 0 Å². The van der Waals surface area contributed by atoms with Crippen LogP contribution in [0.2, 0.25) is 0 Å². The Morgan fingerprint density at radius 1 is 1.44 bits per heavy atom. The lowest BCUT2D eigenvalue weighted by molar-refractivity contribution is -0.0281. The molecule has 1 heterocycles. The van der Waals surface area contributed by atoms with Crippen molar-refractivity contribution in [3.8, 4) is 0 Å². The number of nitrogens with two attached hydrogens (primary N) is 1. The van der Waals surface area contributed by atoms with Gasteiger partial charge in [-0.3, -0.25) is 4.98 Å². The fraction of sp³-hybridized carbons (Fsp3) is 0.667. The third kappa shape index (κ3) is 3.79. The Hall–Kier alpha value is -0.930. The number of rotatable bonds is 6. The highest BCUT2D eigenvalue weighted by Crippen LogP contribution is 2.33. The standard InChI is InChI=1S/C15H24N2O/c1-3-18-15-7-12(8-15)6-13(16)9-14-5-4-11(2)10-17-14/h4-5,10,12-13,15H,3,6-9,16H2,1-2H3. The first-order chi connectivity index (χ1) is 8.67. The molecule has 0 saturated heterocycles. The summed E-state index contributed by atoms with van der Waals surface area (Å²) in [5.74, 6) is 0.752. The summed E-state index contributed by atoms with van der Waals surface area (Å²) in [5.41, 5.74) is 8.50. The Morgan fingerprint density at radius 3 is 2.83 bits per heavy atom. The number of nitrogens with zero attached hydrogens (tertiary/aromatic N) is 1. The second kappa shape index (κ2) is 6.30. The van der Waals surface area contributed by atoms with Gasteiger partial charge in [0, 0.05) is 31.0 Å². The van der Waals surface area contributed by atoms with Crippen LogP contribution in [0, 0.1) is 12.8 Å². The van der Waals surface area contributed by atoms with Gasteiger partial charge in [-0.1, -0.05) is 6.07 Å². The third-order valence-corrected chi connectivity index (χ3v) is 3.67. The maximum Gasteiger partial charge on any atom is 0.0580 e. The van der Waals surface area contributed by atoms with Gasteiger partial charge >= 0.3 is 0 Å². The minimum Gasteiger partial charge on any atom is -0.378 e. The molecule has 1 aromatic heterocycles. The van der Waals surface area contributed by atoms with Crippen molar-refractivity contribution in [1.82, 2.24) is 4.98 Å². The van der Waals surface area contributed by atoms with E-state index >= 15 is 0 Å². The molecular formula is C15H24N2O. The first-order valence-corrected chi connectivity index (χ1v) is 6.96. The molecule has 1 atom stereocenters. The zero-order chi connectivity index (χ0) is 13.0. The van der Waals surface area contributed by atoms with Crippen molar-refractivity contribution in [1.29, 1.82) is 0 Å². The zero-order valence-electron chi connectivity index (χ0n) is 11.4. The lowest BCUT2D eigenvalue weighted by Crippen LogP contribution is -2.36. The average Bonchev–Trinajstić information content (AvgIpc) is 2.29. The monoisotopic (exact) mass is 248 g/mol. The topological polar surface area (TPSA) is 48.1 Å². The highest BCUT2D eigenvalue weighted by atomic mass is 16.5. The quantitative estimate of drug-likeness (QED) is 0.841. The maximum absolute atomic E-state index is 6.19. The summed E-state index contributed by atoms with van der Waals surface area (Å²) < 4.78 is 5.57. The number of aryl methyl sites for hydroxylation is 1. The first kappa shape index (κ1) is 13.5. The van der Waals surface area contributed by atoms with Crippen LogP contribution in [0.4, 0.5) is 0 Å². The average molecular weight is 248 g/mol. The van der Waals surface area contributed by atoms with E-state index in [9.17, 15) is 0 Å². The highest BCUT2D eigenvalue weighted by molar-refractivity contribution is 5.13. The van der Waals surface area contributed by atoms with Gasteiger partial charge in [-0.25, -0.2) is 0 Å². The lowest BCUT2D eigenvalue weighted by atomic mass is 9.78. The smallest absolute Gasteiger partial charge is 0.0580 e. The molecule has 0 amide bonds. The van der Waals surface area contributed by atoms with Crippen LogP contribution < -0.4 is 5.73 Å². The van der Waals surface area contributed by atoms with Gasteiger partial charge < -0.3 is 10.5 Å². The van der Waals surface area contributed by atoms with Crippen molar-refractivity contribution in [3.05, 3.63) is 29.6 Å². The van der Waals surface area contributed by atoms with Crippen LogP contribution in [-0.4, -0.2) is 23.7 Å². The number of hydrogen-bond donors (Lipinski definition) is 1. The molecule has 1 aliphatic carbocycles. The van der Waals surface area contributed by atoms with Gasteiger partial charge in [0.15, 0.2) is 0 Å². The summed E-state index contributed by atoms with van der Waals surface area (Å²) in [4.78, 5) is 4.41. The summed E-state index contributed by atoms with van der Waals surface area (Å²) in [6.45, 7) is 4.94.